The van der Waals surface area contributed by atoms with Crippen LogP contribution < -0.4 is 10.1 Å². The van der Waals surface area contributed by atoms with Gasteiger partial charge in [0, 0.05) is 11.1 Å². The Kier molecular flexibility index (Phi) is 4.81. The van der Waals surface area contributed by atoms with Crippen LogP contribution in [0.5, 0.6) is 5.88 Å². The van der Waals surface area contributed by atoms with E-state index in [1.165, 1.54) is 6.20 Å². The maximum Gasteiger partial charge on any atom is 0.404 e. The zero-order valence-corrected chi connectivity index (χ0v) is 11.0. The zero-order valence-electron chi connectivity index (χ0n) is 11.0. The van der Waals surface area contributed by atoms with Crippen LogP contribution in [0.2, 0.25) is 0 Å². The SMILES string of the molecule is O=Cc1cccc(-c2cncc(OCCNC(=O)O)n2)c1. The number of hydrogen-bond donors (Lipinski definition) is 2. The average Bonchev–Trinajstić information content (AvgIpc) is 2.52. The number of hydrogen-bond acceptors (Lipinski definition) is 5. The van der Waals surface area contributed by atoms with E-state index < -0.39 is 6.09 Å². The lowest BCUT2D eigenvalue weighted by Crippen LogP contribution is -2.26. The molecule has 2 aromatic rings. The molecular weight excluding hydrogens is 274 g/mol. The predicted octanol–water partition coefficient (Wildman–Crippen LogP) is 1.60. The molecule has 0 bridgehead atoms. The smallest absolute Gasteiger partial charge is 0.404 e. The molecule has 0 saturated heterocycles. The van der Waals surface area contributed by atoms with Crippen molar-refractivity contribution in [2.75, 3.05) is 13.2 Å². The van der Waals surface area contributed by atoms with E-state index >= 15 is 0 Å². The summed E-state index contributed by atoms with van der Waals surface area (Å²) < 4.78 is 5.31. The van der Waals surface area contributed by atoms with Gasteiger partial charge in [0.15, 0.2) is 0 Å². The Bertz CT molecular complexity index is 646. The van der Waals surface area contributed by atoms with Crippen LogP contribution in [0.1, 0.15) is 10.4 Å². The summed E-state index contributed by atoms with van der Waals surface area (Å²) in [6.07, 6.45) is 2.65. The number of rotatable bonds is 6. The third kappa shape index (κ3) is 4.27. The molecule has 0 saturated carbocycles. The second-order valence-electron chi connectivity index (χ2n) is 4.07. The summed E-state index contributed by atoms with van der Waals surface area (Å²) >= 11 is 0. The molecule has 7 nitrogen and oxygen atoms in total. The molecule has 0 unspecified atom stereocenters. The third-order valence-electron chi connectivity index (χ3n) is 2.56. The zero-order chi connectivity index (χ0) is 15.1. The number of aldehydes is 1. The van der Waals surface area contributed by atoms with Crippen molar-refractivity contribution in [2.45, 2.75) is 0 Å². The van der Waals surface area contributed by atoms with Crippen molar-refractivity contribution < 1.29 is 19.4 Å². The molecule has 0 spiro atoms. The lowest BCUT2D eigenvalue weighted by molar-refractivity contribution is 0.112. The number of nitrogens with one attached hydrogen (secondary N) is 1. The summed E-state index contributed by atoms with van der Waals surface area (Å²) in [6.45, 7) is 0.306. The van der Waals surface area contributed by atoms with Gasteiger partial charge in [0.25, 0.3) is 0 Å². The lowest BCUT2D eigenvalue weighted by Gasteiger charge is -2.07. The van der Waals surface area contributed by atoms with Crippen LogP contribution in [0.3, 0.4) is 0 Å². The average molecular weight is 287 g/mol. The van der Waals surface area contributed by atoms with Crippen LogP contribution in [-0.2, 0) is 0 Å². The number of ether oxygens (including phenoxy) is 1. The molecule has 1 aromatic carbocycles. The molecule has 0 fully saturated rings. The Morgan fingerprint density at radius 2 is 2.24 bits per heavy atom. The summed E-state index contributed by atoms with van der Waals surface area (Å²) in [6, 6.07) is 6.96. The van der Waals surface area contributed by atoms with E-state index in [1.54, 1.807) is 24.4 Å². The van der Waals surface area contributed by atoms with Gasteiger partial charge in [-0.3, -0.25) is 9.78 Å². The summed E-state index contributed by atoms with van der Waals surface area (Å²) in [4.78, 5) is 29.3. The van der Waals surface area contributed by atoms with Gasteiger partial charge in [-0.25, -0.2) is 9.78 Å². The molecule has 21 heavy (non-hydrogen) atoms. The highest BCUT2D eigenvalue weighted by Gasteiger charge is 2.04. The van der Waals surface area contributed by atoms with Gasteiger partial charge < -0.3 is 15.2 Å². The van der Waals surface area contributed by atoms with E-state index in [2.05, 4.69) is 15.3 Å². The Morgan fingerprint density at radius 3 is 3.00 bits per heavy atom. The maximum absolute atomic E-state index is 10.8. The van der Waals surface area contributed by atoms with Crippen LogP contribution >= 0.6 is 0 Å². The monoisotopic (exact) mass is 287 g/mol. The molecule has 0 aliphatic rings. The molecule has 1 aromatic heterocycles. The lowest BCUT2D eigenvalue weighted by atomic mass is 10.1. The molecule has 0 aliphatic carbocycles. The highest BCUT2D eigenvalue weighted by atomic mass is 16.5. The van der Waals surface area contributed by atoms with Gasteiger partial charge in [-0.1, -0.05) is 18.2 Å². The number of carboxylic acid groups (broad SMARTS) is 1. The molecule has 7 heteroatoms. The number of amides is 1. The number of aromatic nitrogens is 2. The van der Waals surface area contributed by atoms with Crippen molar-refractivity contribution in [3.63, 3.8) is 0 Å². The van der Waals surface area contributed by atoms with E-state index in [4.69, 9.17) is 9.84 Å². The number of nitrogens with zero attached hydrogens (tertiary/aromatic N) is 2. The summed E-state index contributed by atoms with van der Waals surface area (Å²) in [5.41, 5.74) is 1.87. The normalized spacial score (nSPS) is 9.90. The molecule has 2 rings (SSSR count). The van der Waals surface area contributed by atoms with E-state index in [9.17, 15) is 9.59 Å². The van der Waals surface area contributed by atoms with Gasteiger partial charge in [0.1, 0.15) is 12.9 Å². The number of carbonyl (C=O) groups is 2. The van der Waals surface area contributed by atoms with E-state index in [0.717, 1.165) is 11.8 Å². The molecule has 1 heterocycles. The second kappa shape index (κ2) is 6.99. The summed E-state index contributed by atoms with van der Waals surface area (Å²) in [7, 11) is 0. The van der Waals surface area contributed by atoms with Gasteiger partial charge in [-0.2, -0.15) is 0 Å². The van der Waals surface area contributed by atoms with Gasteiger partial charge >= 0.3 is 6.09 Å². The molecule has 0 atom stereocenters. The van der Waals surface area contributed by atoms with Crippen molar-refractivity contribution in [1.82, 2.24) is 15.3 Å². The van der Waals surface area contributed by atoms with Crippen molar-refractivity contribution in [1.29, 1.82) is 0 Å². The Balaban J connectivity index is 2.06. The Labute approximate surface area is 120 Å². The largest absolute Gasteiger partial charge is 0.475 e. The molecule has 1 amide bonds. The van der Waals surface area contributed by atoms with Gasteiger partial charge in [0.2, 0.25) is 5.88 Å². The van der Waals surface area contributed by atoms with Gasteiger partial charge in [-0.15, -0.1) is 0 Å². The predicted molar refractivity (Wildman–Crippen MR) is 74.4 cm³/mol. The first-order valence-electron chi connectivity index (χ1n) is 6.16. The molecule has 0 radical (unpaired) electrons. The first-order valence-corrected chi connectivity index (χ1v) is 6.16. The Morgan fingerprint density at radius 1 is 1.38 bits per heavy atom. The van der Waals surface area contributed by atoms with E-state index in [-0.39, 0.29) is 19.0 Å². The van der Waals surface area contributed by atoms with E-state index in [0.29, 0.717) is 11.3 Å². The fourth-order valence-electron chi connectivity index (χ4n) is 1.64. The first kappa shape index (κ1) is 14.4. The molecular formula is C14H13N3O4. The van der Waals surface area contributed by atoms with Crippen molar-refractivity contribution >= 4 is 12.4 Å². The number of benzene rings is 1. The first-order chi connectivity index (χ1) is 10.2. The fourth-order valence-corrected chi connectivity index (χ4v) is 1.64. The minimum atomic E-state index is -1.11. The highest BCUT2D eigenvalue weighted by molar-refractivity contribution is 5.78. The fraction of sp³-hybridized carbons (Fsp3) is 0.143. The van der Waals surface area contributed by atoms with E-state index in [1.807, 2.05) is 6.07 Å². The molecule has 108 valence electrons. The van der Waals surface area contributed by atoms with Crippen LogP contribution in [0.15, 0.2) is 36.7 Å². The van der Waals surface area contributed by atoms with Crippen molar-refractivity contribution in [3.05, 3.63) is 42.2 Å². The van der Waals surface area contributed by atoms with Crippen molar-refractivity contribution in [2.24, 2.45) is 0 Å². The van der Waals surface area contributed by atoms with Gasteiger partial charge in [0.05, 0.1) is 24.6 Å². The molecule has 0 aliphatic heterocycles. The minimum absolute atomic E-state index is 0.152. The highest BCUT2D eigenvalue weighted by Crippen LogP contribution is 2.19. The van der Waals surface area contributed by atoms with Gasteiger partial charge in [-0.05, 0) is 6.07 Å². The molecule has 2 N–H and O–H groups in total. The maximum atomic E-state index is 10.8. The number of carbonyl (C=O) groups excluding carboxylic acids is 1. The second-order valence-corrected chi connectivity index (χ2v) is 4.07. The Hall–Kier alpha value is -2.96. The van der Waals surface area contributed by atoms with Crippen molar-refractivity contribution in [3.8, 4) is 17.1 Å². The third-order valence-corrected chi connectivity index (χ3v) is 2.56. The van der Waals surface area contributed by atoms with Crippen LogP contribution in [0.4, 0.5) is 4.79 Å². The minimum Gasteiger partial charge on any atom is -0.475 e. The topological polar surface area (TPSA) is 101 Å². The summed E-state index contributed by atoms with van der Waals surface area (Å²) in [5, 5.41) is 10.6. The van der Waals surface area contributed by atoms with Crippen LogP contribution in [0, 0.1) is 0 Å². The van der Waals surface area contributed by atoms with Crippen LogP contribution in [-0.4, -0.2) is 40.6 Å². The van der Waals surface area contributed by atoms with Crippen LogP contribution in [0.25, 0.3) is 11.3 Å². The quantitative estimate of drug-likeness (QED) is 0.618. The standard InChI is InChI=1S/C14H13N3O4/c18-9-10-2-1-3-11(6-10)12-7-15-8-13(17-12)21-5-4-16-14(19)20/h1-3,6-9,16H,4-5H2,(H,19,20). The summed E-state index contributed by atoms with van der Waals surface area (Å²) in [5.74, 6) is 0.288.